The van der Waals surface area contributed by atoms with Gasteiger partial charge in [0.1, 0.15) is 0 Å². The SMILES string of the molecule is CC(C)(C)C1=CC(=C/N=N/c2cccc(-c3cccc(/N=N/C=C4C=C(C(C)(C)C)C(=O)C(C(C)(C)C)=C4)c3)c2)C=C(C(C)(C)C)C1=O. The minimum absolute atomic E-state index is 0.0960. The number of nitrogens with zero attached hydrogens (tertiary/aromatic N) is 4. The molecule has 2 aliphatic carbocycles. The number of hydrogen-bond donors (Lipinski definition) is 0. The molecule has 4 rings (SSSR count). The fourth-order valence-electron chi connectivity index (χ4n) is 5.50. The number of ketones is 2. The maximum Gasteiger partial charge on any atom is 0.186 e. The van der Waals surface area contributed by atoms with E-state index in [1.165, 1.54) is 0 Å². The lowest BCUT2D eigenvalue weighted by molar-refractivity contribution is -0.114. The Hall–Kier alpha value is -4.58. The predicted molar refractivity (Wildman–Crippen MR) is 197 cm³/mol. The molecule has 2 aromatic carbocycles. The first-order valence-corrected chi connectivity index (χ1v) is 16.6. The van der Waals surface area contributed by atoms with E-state index in [2.05, 4.69) is 104 Å². The first-order valence-electron chi connectivity index (χ1n) is 16.6. The quantitative estimate of drug-likeness (QED) is 0.304. The zero-order chi connectivity index (χ0) is 35.7. The van der Waals surface area contributed by atoms with E-state index in [9.17, 15) is 9.59 Å². The number of azo groups is 2. The molecule has 0 bridgehead atoms. The zero-order valence-corrected chi connectivity index (χ0v) is 30.7. The summed E-state index contributed by atoms with van der Waals surface area (Å²) in [6.45, 7) is 24.7. The Kier molecular flexibility index (Phi) is 10.2. The summed E-state index contributed by atoms with van der Waals surface area (Å²) >= 11 is 0. The summed E-state index contributed by atoms with van der Waals surface area (Å²) < 4.78 is 0. The van der Waals surface area contributed by atoms with Gasteiger partial charge >= 0.3 is 0 Å². The number of carbonyl (C=O) groups excluding carboxylic acids is 2. The molecule has 0 saturated heterocycles. The lowest BCUT2D eigenvalue weighted by Crippen LogP contribution is -2.27. The molecule has 0 fully saturated rings. The molecule has 2 aliphatic rings. The van der Waals surface area contributed by atoms with Gasteiger partial charge in [-0.1, -0.05) is 107 Å². The Morgan fingerprint density at radius 1 is 0.458 bits per heavy atom. The van der Waals surface area contributed by atoms with Crippen LogP contribution in [0.15, 0.2) is 139 Å². The van der Waals surface area contributed by atoms with Crippen molar-refractivity contribution in [3.05, 3.63) is 119 Å². The first kappa shape index (κ1) is 36.3. The third-order valence-corrected chi connectivity index (χ3v) is 8.24. The molecule has 6 heteroatoms. The van der Waals surface area contributed by atoms with Crippen LogP contribution >= 0.6 is 0 Å². The monoisotopic (exact) mass is 642 g/mol. The molecule has 0 spiro atoms. The van der Waals surface area contributed by atoms with Gasteiger partial charge < -0.3 is 0 Å². The molecule has 0 aromatic heterocycles. The molecule has 0 radical (unpaired) electrons. The largest absolute Gasteiger partial charge is 0.289 e. The Balaban J connectivity index is 1.58. The van der Waals surface area contributed by atoms with Crippen LogP contribution in [0.1, 0.15) is 83.1 Å². The summed E-state index contributed by atoms with van der Waals surface area (Å²) in [5.74, 6) is 0.192. The fourth-order valence-corrected chi connectivity index (χ4v) is 5.50. The van der Waals surface area contributed by atoms with Gasteiger partial charge in [-0.15, -0.1) is 0 Å². The summed E-state index contributed by atoms with van der Waals surface area (Å²) in [5, 5.41) is 17.7. The van der Waals surface area contributed by atoms with Crippen molar-refractivity contribution in [2.75, 3.05) is 0 Å². The molecule has 0 saturated carbocycles. The van der Waals surface area contributed by atoms with E-state index in [0.29, 0.717) is 11.4 Å². The van der Waals surface area contributed by atoms with Gasteiger partial charge in [0, 0.05) is 22.3 Å². The molecule has 0 unspecified atom stereocenters. The average molecular weight is 643 g/mol. The summed E-state index contributed by atoms with van der Waals surface area (Å²) in [7, 11) is 0. The van der Waals surface area contributed by atoms with Crippen LogP contribution in [0.2, 0.25) is 0 Å². The maximum absolute atomic E-state index is 13.2. The summed E-state index contributed by atoms with van der Waals surface area (Å²) in [6, 6.07) is 15.7. The van der Waals surface area contributed by atoms with E-state index in [0.717, 1.165) is 44.6 Å². The minimum Gasteiger partial charge on any atom is -0.289 e. The van der Waals surface area contributed by atoms with E-state index in [1.54, 1.807) is 12.4 Å². The van der Waals surface area contributed by atoms with Crippen molar-refractivity contribution in [2.24, 2.45) is 42.1 Å². The highest BCUT2D eigenvalue weighted by Gasteiger charge is 2.35. The van der Waals surface area contributed by atoms with Gasteiger partial charge in [-0.2, -0.15) is 20.5 Å². The normalized spacial score (nSPS) is 16.7. The molecule has 48 heavy (non-hydrogen) atoms. The number of benzene rings is 2. The van der Waals surface area contributed by atoms with Crippen LogP contribution in [-0.4, -0.2) is 11.6 Å². The van der Waals surface area contributed by atoms with Gasteiger partial charge in [-0.25, -0.2) is 0 Å². The minimum atomic E-state index is -0.284. The van der Waals surface area contributed by atoms with Crippen molar-refractivity contribution >= 4 is 22.9 Å². The number of rotatable bonds is 5. The molecular weight excluding hydrogens is 592 g/mol. The lowest BCUT2D eigenvalue weighted by atomic mass is 9.72. The highest BCUT2D eigenvalue weighted by atomic mass is 16.1. The van der Waals surface area contributed by atoms with Crippen LogP contribution in [0.3, 0.4) is 0 Å². The predicted octanol–water partition coefficient (Wildman–Crippen LogP) is 12.3. The van der Waals surface area contributed by atoms with Crippen LogP contribution in [0.4, 0.5) is 11.4 Å². The molecule has 0 atom stereocenters. The molecule has 0 amide bonds. The van der Waals surface area contributed by atoms with E-state index < -0.39 is 0 Å². The molecular formula is C42H50N4O2. The van der Waals surface area contributed by atoms with Crippen molar-refractivity contribution in [3.63, 3.8) is 0 Å². The Labute approximate surface area is 287 Å². The van der Waals surface area contributed by atoms with Crippen LogP contribution < -0.4 is 0 Å². The van der Waals surface area contributed by atoms with Gasteiger partial charge in [0.05, 0.1) is 23.8 Å². The standard InChI is InChI=1S/C42H50N4O2/c1-39(2,3)33-19-27(20-34(37(33)47)40(4,5)6)25-43-45-31-17-13-15-29(23-31)30-16-14-18-32(24-30)46-44-26-28-21-35(41(7,8)9)38(48)36(22-28)42(10,11)12/h13-26H,1-12H3/b45-43+,46-44+. The Morgan fingerprint density at radius 2 is 0.750 bits per heavy atom. The summed E-state index contributed by atoms with van der Waals surface area (Å²) in [5.41, 5.74) is 7.05. The summed E-state index contributed by atoms with van der Waals surface area (Å²) in [6.07, 6.45) is 11.1. The van der Waals surface area contributed by atoms with Gasteiger partial charge in [-0.3, -0.25) is 9.59 Å². The number of allylic oxidation sites excluding steroid dienone is 10. The molecule has 0 aliphatic heterocycles. The van der Waals surface area contributed by atoms with Crippen LogP contribution in [0.5, 0.6) is 0 Å². The summed E-state index contributed by atoms with van der Waals surface area (Å²) in [4.78, 5) is 26.5. The molecule has 2 aromatic rings. The second-order valence-electron chi connectivity index (χ2n) is 16.7. The lowest BCUT2D eigenvalue weighted by Gasteiger charge is -2.31. The number of Topliss-reactive ketones (excluding diaryl/α,β-unsaturated/α-hetero) is 2. The Bertz CT molecular complexity index is 1650. The van der Waals surface area contributed by atoms with Crippen LogP contribution in [0.25, 0.3) is 11.1 Å². The van der Waals surface area contributed by atoms with Crippen LogP contribution in [-0.2, 0) is 9.59 Å². The van der Waals surface area contributed by atoms with Crippen molar-refractivity contribution in [2.45, 2.75) is 83.1 Å². The second-order valence-corrected chi connectivity index (χ2v) is 16.7. The zero-order valence-electron chi connectivity index (χ0n) is 30.7. The van der Waals surface area contributed by atoms with Crippen molar-refractivity contribution < 1.29 is 9.59 Å². The molecule has 0 N–H and O–H groups in total. The van der Waals surface area contributed by atoms with Gasteiger partial charge in [0.2, 0.25) is 0 Å². The molecule has 0 heterocycles. The topological polar surface area (TPSA) is 83.6 Å². The van der Waals surface area contributed by atoms with E-state index in [4.69, 9.17) is 0 Å². The highest BCUT2D eigenvalue weighted by Crippen LogP contribution is 2.40. The van der Waals surface area contributed by atoms with Crippen LogP contribution in [0, 0.1) is 21.7 Å². The third kappa shape index (κ3) is 8.85. The third-order valence-electron chi connectivity index (χ3n) is 8.24. The highest BCUT2D eigenvalue weighted by molar-refractivity contribution is 6.12. The van der Waals surface area contributed by atoms with Crippen molar-refractivity contribution in [1.29, 1.82) is 0 Å². The van der Waals surface area contributed by atoms with Gasteiger partial charge in [-0.05, 0) is 92.5 Å². The average Bonchev–Trinajstić information content (AvgIpc) is 2.96. The van der Waals surface area contributed by atoms with Gasteiger partial charge in [0.15, 0.2) is 11.6 Å². The number of carbonyl (C=O) groups is 2. The van der Waals surface area contributed by atoms with E-state index >= 15 is 0 Å². The van der Waals surface area contributed by atoms with Gasteiger partial charge in [0.25, 0.3) is 0 Å². The smallest absolute Gasteiger partial charge is 0.186 e. The molecule has 250 valence electrons. The van der Waals surface area contributed by atoms with E-state index in [-0.39, 0.29) is 33.2 Å². The number of hydrogen-bond acceptors (Lipinski definition) is 6. The van der Waals surface area contributed by atoms with Crippen molar-refractivity contribution in [1.82, 2.24) is 0 Å². The first-order chi connectivity index (χ1) is 22.1. The second kappa shape index (κ2) is 13.5. The Morgan fingerprint density at radius 3 is 1.02 bits per heavy atom. The maximum atomic E-state index is 13.2. The van der Waals surface area contributed by atoms with Crippen molar-refractivity contribution in [3.8, 4) is 11.1 Å². The fraction of sp³-hybridized carbons (Fsp3) is 0.381. The van der Waals surface area contributed by atoms with E-state index in [1.807, 2.05) is 72.8 Å². The molecule has 6 nitrogen and oxygen atoms in total.